The van der Waals surface area contributed by atoms with Gasteiger partial charge in [-0.2, -0.15) is 0 Å². The fraction of sp³-hybridized carbons (Fsp3) is 0.357. The van der Waals surface area contributed by atoms with Crippen LogP contribution in [-0.4, -0.2) is 40.0 Å². The third-order valence-corrected chi connectivity index (χ3v) is 4.09. The summed E-state index contributed by atoms with van der Waals surface area (Å²) in [6.45, 7) is 1.46. The van der Waals surface area contributed by atoms with E-state index in [1.165, 1.54) is 11.3 Å². The van der Waals surface area contributed by atoms with E-state index in [0.29, 0.717) is 4.88 Å². The number of rotatable bonds is 3. The summed E-state index contributed by atoms with van der Waals surface area (Å²) in [6, 6.07) is 3.71. The molecule has 1 saturated heterocycles. The average molecular weight is 289 g/mol. The molecule has 1 aliphatic rings. The van der Waals surface area contributed by atoms with Crippen LogP contribution in [-0.2, 0) is 0 Å². The number of carbonyl (C=O) groups excluding carboxylic acids is 1. The summed E-state index contributed by atoms with van der Waals surface area (Å²) in [5.41, 5.74) is 1.69. The highest BCUT2D eigenvalue weighted by atomic mass is 32.1. The van der Waals surface area contributed by atoms with Crippen LogP contribution >= 0.6 is 11.3 Å². The Kier molecular flexibility index (Phi) is 3.92. The Labute approximate surface area is 121 Å². The molecule has 1 fully saturated rings. The van der Waals surface area contributed by atoms with E-state index in [4.69, 9.17) is 4.74 Å². The number of thiazole rings is 1. The Balaban J connectivity index is 1.53. The van der Waals surface area contributed by atoms with Gasteiger partial charge in [-0.05, 0) is 12.1 Å². The van der Waals surface area contributed by atoms with Crippen molar-refractivity contribution >= 4 is 17.2 Å². The van der Waals surface area contributed by atoms with Gasteiger partial charge in [0.15, 0.2) is 0 Å². The highest BCUT2D eigenvalue weighted by Crippen LogP contribution is 2.20. The number of hydrogen-bond acceptors (Lipinski definition) is 5. The van der Waals surface area contributed by atoms with E-state index in [2.05, 4.69) is 9.97 Å². The van der Waals surface area contributed by atoms with Crippen LogP contribution in [0.5, 0.6) is 5.75 Å². The molecule has 20 heavy (non-hydrogen) atoms. The van der Waals surface area contributed by atoms with E-state index in [0.717, 1.165) is 31.7 Å². The molecule has 0 unspecified atom stereocenters. The third-order valence-electron chi connectivity index (χ3n) is 3.32. The van der Waals surface area contributed by atoms with Gasteiger partial charge in [0.2, 0.25) is 0 Å². The fourth-order valence-electron chi connectivity index (χ4n) is 2.26. The number of hydrogen-bond donors (Lipinski definition) is 0. The van der Waals surface area contributed by atoms with Crippen molar-refractivity contribution in [3.63, 3.8) is 0 Å². The number of ether oxygens (including phenoxy) is 1. The van der Waals surface area contributed by atoms with Crippen LogP contribution in [0.2, 0.25) is 0 Å². The predicted octanol–water partition coefficient (Wildman–Crippen LogP) is 2.22. The van der Waals surface area contributed by atoms with Gasteiger partial charge in [0, 0.05) is 38.3 Å². The van der Waals surface area contributed by atoms with Crippen LogP contribution in [0.25, 0.3) is 0 Å². The first kappa shape index (κ1) is 13.1. The topological polar surface area (TPSA) is 55.3 Å². The molecule has 0 saturated carbocycles. The van der Waals surface area contributed by atoms with Crippen molar-refractivity contribution in [3.8, 4) is 5.75 Å². The molecule has 0 radical (unpaired) electrons. The molecule has 6 heteroatoms. The van der Waals surface area contributed by atoms with Crippen molar-refractivity contribution in [2.24, 2.45) is 0 Å². The normalized spacial score (nSPS) is 16.1. The second-order valence-electron chi connectivity index (χ2n) is 4.66. The van der Waals surface area contributed by atoms with Crippen LogP contribution in [0.4, 0.5) is 0 Å². The molecule has 1 aliphatic heterocycles. The van der Waals surface area contributed by atoms with Crippen LogP contribution in [0.1, 0.15) is 22.5 Å². The Bertz CT molecular complexity index is 551. The molecular formula is C14H15N3O2S. The van der Waals surface area contributed by atoms with Crippen molar-refractivity contribution in [1.82, 2.24) is 14.9 Å². The number of aromatic nitrogens is 2. The Morgan fingerprint density at radius 3 is 2.65 bits per heavy atom. The molecule has 2 aromatic heterocycles. The zero-order valence-electron chi connectivity index (χ0n) is 10.9. The van der Waals surface area contributed by atoms with Gasteiger partial charge in [0.25, 0.3) is 5.91 Å². The first-order valence-corrected chi connectivity index (χ1v) is 7.45. The summed E-state index contributed by atoms with van der Waals surface area (Å²) in [6.07, 6.45) is 6.95. The van der Waals surface area contributed by atoms with Gasteiger partial charge in [-0.1, -0.05) is 0 Å². The molecule has 0 aliphatic carbocycles. The second kappa shape index (κ2) is 6.00. The fourth-order valence-corrected chi connectivity index (χ4v) is 2.85. The molecule has 0 N–H and O–H groups in total. The van der Waals surface area contributed by atoms with Crippen molar-refractivity contribution in [3.05, 3.63) is 41.1 Å². The van der Waals surface area contributed by atoms with Crippen LogP contribution in [0.3, 0.4) is 0 Å². The molecule has 0 aromatic carbocycles. The lowest BCUT2D eigenvalue weighted by atomic mass is 10.1. The summed E-state index contributed by atoms with van der Waals surface area (Å²) in [4.78, 5) is 22.7. The number of pyridine rings is 1. The second-order valence-corrected chi connectivity index (χ2v) is 5.54. The van der Waals surface area contributed by atoms with Gasteiger partial charge in [-0.15, -0.1) is 11.3 Å². The highest BCUT2D eigenvalue weighted by molar-refractivity contribution is 7.11. The van der Waals surface area contributed by atoms with Gasteiger partial charge in [0.05, 0.1) is 11.7 Å². The van der Waals surface area contributed by atoms with E-state index in [1.54, 1.807) is 24.1 Å². The number of piperidine rings is 1. The molecular weight excluding hydrogens is 274 g/mol. The Hall–Kier alpha value is -1.95. The van der Waals surface area contributed by atoms with Gasteiger partial charge < -0.3 is 9.64 Å². The van der Waals surface area contributed by atoms with E-state index in [1.807, 2.05) is 17.0 Å². The third kappa shape index (κ3) is 2.96. The minimum Gasteiger partial charge on any atom is -0.490 e. The molecule has 2 aromatic rings. The minimum absolute atomic E-state index is 0.0786. The number of likely N-dealkylation sites (tertiary alicyclic amines) is 1. The van der Waals surface area contributed by atoms with E-state index >= 15 is 0 Å². The van der Waals surface area contributed by atoms with E-state index < -0.39 is 0 Å². The van der Waals surface area contributed by atoms with Gasteiger partial charge in [-0.25, -0.2) is 0 Å². The lowest BCUT2D eigenvalue weighted by molar-refractivity contribution is 0.0599. The molecule has 5 nitrogen and oxygen atoms in total. The lowest BCUT2D eigenvalue weighted by Crippen LogP contribution is -2.41. The molecule has 1 amide bonds. The van der Waals surface area contributed by atoms with Crippen molar-refractivity contribution < 1.29 is 9.53 Å². The molecule has 3 heterocycles. The summed E-state index contributed by atoms with van der Waals surface area (Å²) in [5.74, 6) is 0.919. The quantitative estimate of drug-likeness (QED) is 0.869. The van der Waals surface area contributed by atoms with Gasteiger partial charge in [0.1, 0.15) is 16.7 Å². The van der Waals surface area contributed by atoms with Gasteiger partial charge in [-0.3, -0.25) is 14.8 Å². The Morgan fingerprint density at radius 1 is 1.25 bits per heavy atom. The molecule has 3 rings (SSSR count). The number of nitrogens with zero attached hydrogens (tertiary/aromatic N) is 3. The molecule has 0 bridgehead atoms. The first-order chi connectivity index (χ1) is 9.83. The maximum absolute atomic E-state index is 12.2. The van der Waals surface area contributed by atoms with Crippen LogP contribution < -0.4 is 4.74 Å². The molecule has 104 valence electrons. The SMILES string of the molecule is O=C(c1cncs1)N1CCC(Oc2ccncc2)CC1. The Morgan fingerprint density at radius 2 is 2.00 bits per heavy atom. The molecule has 0 spiro atoms. The largest absolute Gasteiger partial charge is 0.490 e. The maximum Gasteiger partial charge on any atom is 0.265 e. The lowest BCUT2D eigenvalue weighted by Gasteiger charge is -2.31. The number of amides is 1. The van der Waals surface area contributed by atoms with Gasteiger partial charge >= 0.3 is 0 Å². The summed E-state index contributed by atoms with van der Waals surface area (Å²) >= 11 is 1.39. The van der Waals surface area contributed by atoms with Crippen LogP contribution in [0, 0.1) is 0 Å². The van der Waals surface area contributed by atoms with E-state index in [-0.39, 0.29) is 12.0 Å². The van der Waals surface area contributed by atoms with Crippen LogP contribution in [0.15, 0.2) is 36.2 Å². The maximum atomic E-state index is 12.2. The smallest absolute Gasteiger partial charge is 0.265 e. The average Bonchev–Trinajstić information content (AvgIpc) is 3.03. The monoisotopic (exact) mass is 289 g/mol. The minimum atomic E-state index is 0.0786. The first-order valence-electron chi connectivity index (χ1n) is 6.57. The zero-order valence-corrected chi connectivity index (χ0v) is 11.8. The zero-order chi connectivity index (χ0) is 13.8. The van der Waals surface area contributed by atoms with Crippen molar-refractivity contribution in [1.29, 1.82) is 0 Å². The summed E-state index contributed by atoms with van der Waals surface area (Å²) < 4.78 is 5.89. The summed E-state index contributed by atoms with van der Waals surface area (Å²) in [7, 11) is 0. The highest BCUT2D eigenvalue weighted by Gasteiger charge is 2.25. The van der Waals surface area contributed by atoms with E-state index in [9.17, 15) is 4.79 Å². The standard InChI is InChI=1S/C14H15N3O2S/c18-14(13-9-16-10-20-13)17-7-3-12(4-8-17)19-11-1-5-15-6-2-11/h1-2,5-6,9-10,12H,3-4,7-8H2. The number of carbonyl (C=O) groups is 1. The van der Waals surface area contributed by atoms with Crippen molar-refractivity contribution in [2.45, 2.75) is 18.9 Å². The van der Waals surface area contributed by atoms with Crippen molar-refractivity contribution in [2.75, 3.05) is 13.1 Å². The predicted molar refractivity (Wildman–Crippen MR) is 75.9 cm³/mol. The summed E-state index contributed by atoms with van der Waals surface area (Å²) in [5, 5.41) is 0. The molecule has 0 atom stereocenters.